The van der Waals surface area contributed by atoms with Crippen molar-refractivity contribution in [1.29, 1.82) is 0 Å². The second-order valence-corrected chi connectivity index (χ2v) is 1.36. The fourth-order valence-electron chi connectivity index (χ4n) is 0.516. The number of morpholine rings is 1. The van der Waals surface area contributed by atoms with Crippen LogP contribution in [0, 0.1) is 0 Å². The normalized spacial score (nSPS) is 18.0. The van der Waals surface area contributed by atoms with E-state index in [0.29, 0.717) is 0 Å². The van der Waals surface area contributed by atoms with Crippen molar-refractivity contribution in [3.8, 4) is 0 Å². The van der Waals surface area contributed by atoms with E-state index < -0.39 is 0 Å². The highest BCUT2D eigenvalue weighted by atomic mass is 16.5. The molecule has 0 aromatic rings. The summed E-state index contributed by atoms with van der Waals surface area (Å²) in [5.74, 6) is 0. The van der Waals surface area contributed by atoms with Gasteiger partial charge in [-0.25, -0.2) is 0 Å². The van der Waals surface area contributed by atoms with Crippen molar-refractivity contribution in [2.75, 3.05) is 26.3 Å². The molecule has 0 unspecified atom stereocenters. The van der Waals surface area contributed by atoms with Gasteiger partial charge in [-0.05, 0) is 0 Å². The molecule has 0 aliphatic carbocycles. The minimum atomic E-state index is 0. The van der Waals surface area contributed by atoms with E-state index in [0.717, 1.165) is 26.3 Å². The van der Waals surface area contributed by atoms with Crippen LogP contribution in [0.1, 0.15) is 0 Å². The molecule has 0 bridgehead atoms. The Balaban J connectivity index is 0. The van der Waals surface area contributed by atoms with Crippen LogP contribution in [0.2, 0.25) is 0 Å². The third kappa shape index (κ3) is 4.01. The monoisotopic (exact) mass is 123 g/mol. The molecule has 0 spiro atoms. The molecule has 1 fully saturated rings. The highest BCUT2D eigenvalue weighted by Crippen LogP contribution is 1.76. The largest absolute Gasteiger partial charge is 0.412 e. The summed E-state index contributed by atoms with van der Waals surface area (Å²) >= 11 is 0. The van der Waals surface area contributed by atoms with Crippen molar-refractivity contribution in [2.24, 2.45) is 0 Å². The zero-order chi connectivity index (χ0) is 4.24. The molecule has 0 radical (unpaired) electrons. The standard InChI is InChI=1S/C4H9NO.2H2O/c1-3-6-4-2-5-1;;/h5H,1-4H2;2*1H2. The van der Waals surface area contributed by atoms with Crippen LogP contribution >= 0.6 is 0 Å². The molecule has 0 saturated carbocycles. The molecule has 1 saturated heterocycles. The Morgan fingerprint density at radius 3 is 1.62 bits per heavy atom. The molecular formula is C4H13NO3. The summed E-state index contributed by atoms with van der Waals surface area (Å²) in [6.07, 6.45) is 0. The van der Waals surface area contributed by atoms with Gasteiger partial charge in [0, 0.05) is 13.1 Å². The van der Waals surface area contributed by atoms with E-state index in [1.165, 1.54) is 0 Å². The summed E-state index contributed by atoms with van der Waals surface area (Å²) in [5.41, 5.74) is 0. The molecule has 8 heavy (non-hydrogen) atoms. The van der Waals surface area contributed by atoms with Gasteiger partial charge in [0.25, 0.3) is 0 Å². The van der Waals surface area contributed by atoms with Gasteiger partial charge in [-0.1, -0.05) is 0 Å². The highest BCUT2D eigenvalue weighted by molar-refractivity contribution is 4.49. The Morgan fingerprint density at radius 2 is 1.50 bits per heavy atom. The predicted octanol–water partition coefficient (Wildman–Crippen LogP) is -2.04. The summed E-state index contributed by atoms with van der Waals surface area (Å²) < 4.78 is 5.01. The molecule has 0 amide bonds. The van der Waals surface area contributed by atoms with E-state index in [-0.39, 0.29) is 11.0 Å². The van der Waals surface area contributed by atoms with Gasteiger partial charge in [0.05, 0.1) is 13.2 Å². The average molecular weight is 123 g/mol. The Hall–Kier alpha value is -0.160. The van der Waals surface area contributed by atoms with E-state index in [1.807, 2.05) is 0 Å². The molecule has 0 aromatic heterocycles. The fraction of sp³-hybridized carbons (Fsp3) is 1.00. The number of hydrogen-bond donors (Lipinski definition) is 1. The Labute approximate surface area is 48.5 Å². The zero-order valence-electron chi connectivity index (χ0n) is 4.74. The summed E-state index contributed by atoms with van der Waals surface area (Å²) in [5, 5.41) is 3.16. The lowest BCUT2D eigenvalue weighted by molar-refractivity contribution is 0.109. The van der Waals surface area contributed by atoms with E-state index in [9.17, 15) is 0 Å². The van der Waals surface area contributed by atoms with Gasteiger partial charge in [-0.3, -0.25) is 0 Å². The van der Waals surface area contributed by atoms with Crippen LogP contribution in [0.3, 0.4) is 0 Å². The van der Waals surface area contributed by atoms with Gasteiger partial charge >= 0.3 is 0 Å². The lowest BCUT2D eigenvalue weighted by Gasteiger charge is -2.10. The van der Waals surface area contributed by atoms with Gasteiger partial charge in [-0.2, -0.15) is 0 Å². The number of rotatable bonds is 0. The fourth-order valence-corrected chi connectivity index (χ4v) is 0.516. The van der Waals surface area contributed by atoms with Gasteiger partial charge in [0.2, 0.25) is 0 Å². The third-order valence-electron chi connectivity index (χ3n) is 0.846. The van der Waals surface area contributed by atoms with E-state index in [4.69, 9.17) is 4.74 Å². The molecule has 1 heterocycles. The minimum Gasteiger partial charge on any atom is -0.412 e. The summed E-state index contributed by atoms with van der Waals surface area (Å²) in [6, 6.07) is 0. The Kier molecular flexibility index (Phi) is 9.20. The van der Waals surface area contributed by atoms with E-state index in [1.54, 1.807) is 0 Å². The molecule has 1 aliphatic heterocycles. The minimum absolute atomic E-state index is 0. The number of nitrogens with one attached hydrogen (secondary N) is 1. The van der Waals surface area contributed by atoms with Crippen LogP contribution in [-0.4, -0.2) is 37.3 Å². The maximum atomic E-state index is 5.01. The second kappa shape index (κ2) is 6.84. The molecule has 0 atom stereocenters. The maximum absolute atomic E-state index is 5.01. The van der Waals surface area contributed by atoms with E-state index >= 15 is 0 Å². The molecule has 4 nitrogen and oxygen atoms in total. The molecule has 52 valence electrons. The van der Waals surface area contributed by atoms with Crippen LogP contribution in [0.25, 0.3) is 0 Å². The Bertz CT molecular complexity index is 26.8. The molecule has 0 aromatic carbocycles. The summed E-state index contributed by atoms with van der Waals surface area (Å²) in [6.45, 7) is 3.83. The van der Waals surface area contributed by atoms with Gasteiger partial charge in [-0.15, -0.1) is 0 Å². The topological polar surface area (TPSA) is 84.3 Å². The first kappa shape index (κ1) is 10.8. The number of ether oxygens (including phenoxy) is 1. The first-order valence-corrected chi connectivity index (χ1v) is 2.28. The molecule has 5 N–H and O–H groups in total. The highest BCUT2D eigenvalue weighted by Gasteiger charge is 1.92. The van der Waals surface area contributed by atoms with Crippen LogP contribution < -0.4 is 5.32 Å². The van der Waals surface area contributed by atoms with Gasteiger partial charge < -0.3 is 21.0 Å². The summed E-state index contributed by atoms with van der Waals surface area (Å²) in [4.78, 5) is 0. The maximum Gasteiger partial charge on any atom is 0.0591 e. The van der Waals surface area contributed by atoms with Crippen LogP contribution in [0.15, 0.2) is 0 Å². The van der Waals surface area contributed by atoms with Gasteiger partial charge in [0.1, 0.15) is 0 Å². The summed E-state index contributed by atoms with van der Waals surface area (Å²) in [7, 11) is 0. The molecule has 1 aliphatic rings. The number of hydrogen-bond acceptors (Lipinski definition) is 2. The van der Waals surface area contributed by atoms with Crippen molar-refractivity contribution < 1.29 is 15.7 Å². The van der Waals surface area contributed by atoms with Crippen LogP contribution in [0.5, 0.6) is 0 Å². The Morgan fingerprint density at radius 1 is 1.00 bits per heavy atom. The zero-order valence-corrected chi connectivity index (χ0v) is 4.74. The molecule has 1 rings (SSSR count). The van der Waals surface area contributed by atoms with Gasteiger partial charge in [0.15, 0.2) is 0 Å². The average Bonchev–Trinajstić information content (AvgIpc) is 1.72. The second-order valence-electron chi connectivity index (χ2n) is 1.36. The SMILES string of the molecule is C1COCCN1.O.O. The van der Waals surface area contributed by atoms with Crippen molar-refractivity contribution in [3.63, 3.8) is 0 Å². The third-order valence-corrected chi connectivity index (χ3v) is 0.846. The smallest absolute Gasteiger partial charge is 0.0591 e. The first-order valence-electron chi connectivity index (χ1n) is 2.28. The molecular weight excluding hydrogens is 110 g/mol. The van der Waals surface area contributed by atoms with Crippen LogP contribution in [0.4, 0.5) is 0 Å². The van der Waals surface area contributed by atoms with Crippen molar-refractivity contribution in [3.05, 3.63) is 0 Å². The van der Waals surface area contributed by atoms with Crippen molar-refractivity contribution >= 4 is 0 Å². The van der Waals surface area contributed by atoms with Crippen molar-refractivity contribution in [1.82, 2.24) is 5.32 Å². The quantitative estimate of drug-likeness (QED) is 0.402. The van der Waals surface area contributed by atoms with Crippen LogP contribution in [-0.2, 0) is 4.74 Å². The predicted molar refractivity (Wildman–Crippen MR) is 30.9 cm³/mol. The van der Waals surface area contributed by atoms with E-state index in [2.05, 4.69) is 5.32 Å². The first-order chi connectivity index (χ1) is 3.00. The van der Waals surface area contributed by atoms with Crippen molar-refractivity contribution in [2.45, 2.75) is 0 Å². The lowest BCUT2D eigenvalue weighted by Crippen LogP contribution is -2.30. The molecule has 4 heteroatoms. The lowest BCUT2D eigenvalue weighted by atomic mass is 10.5.